The van der Waals surface area contributed by atoms with Crippen molar-refractivity contribution in [3.05, 3.63) is 83.3 Å². The number of halogens is 2. The number of aliphatic hydroxyl groups is 1. The van der Waals surface area contributed by atoms with Gasteiger partial charge in [-0.05, 0) is 81.0 Å². The van der Waals surface area contributed by atoms with Crippen molar-refractivity contribution in [1.29, 1.82) is 0 Å². The number of nitrogens with zero attached hydrogens (tertiary/aromatic N) is 4. The first-order chi connectivity index (χ1) is 17.1. The predicted molar refractivity (Wildman–Crippen MR) is 135 cm³/mol. The molecule has 0 spiro atoms. The van der Waals surface area contributed by atoms with Gasteiger partial charge in [-0.2, -0.15) is 9.61 Å². The van der Waals surface area contributed by atoms with Gasteiger partial charge in [0, 0.05) is 12.2 Å². The maximum absolute atomic E-state index is 15.0. The van der Waals surface area contributed by atoms with Gasteiger partial charge >= 0.3 is 0 Å². The molecule has 0 amide bonds. The zero-order valence-electron chi connectivity index (χ0n) is 20.3. The minimum absolute atomic E-state index is 0.00571. The van der Waals surface area contributed by atoms with E-state index in [1.807, 2.05) is 6.07 Å². The van der Waals surface area contributed by atoms with Crippen LogP contribution in [0, 0.1) is 11.6 Å². The molecule has 0 saturated carbocycles. The van der Waals surface area contributed by atoms with Crippen molar-refractivity contribution in [1.82, 2.24) is 19.6 Å². The molecule has 5 rings (SSSR count). The number of nitrogens with two attached hydrogens (primary N) is 1. The fraction of sp³-hybridized carbons (Fsp3) is 0.296. The molecule has 2 atom stereocenters. The second-order valence-electron chi connectivity index (χ2n) is 9.91. The van der Waals surface area contributed by atoms with Crippen molar-refractivity contribution in [2.24, 2.45) is 5.73 Å². The Hall–Kier alpha value is -3.69. The van der Waals surface area contributed by atoms with Crippen LogP contribution in [0.25, 0.3) is 16.8 Å². The van der Waals surface area contributed by atoms with E-state index in [-0.39, 0.29) is 28.8 Å². The van der Waals surface area contributed by atoms with Gasteiger partial charge in [0.1, 0.15) is 11.6 Å². The summed E-state index contributed by atoms with van der Waals surface area (Å²) in [6.45, 7) is 5.03. The van der Waals surface area contributed by atoms with Gasteiger partial charge in [-0.3, -0.25) is 4.98 Å². The Morgan fingerprint density at radius 3 is 2.58 bits per heavy atom. The van der Waals surface area contributed by atoms with Crippen molar-refractivity contribution < 1.29 is 13.9 Å². The van der Waals surface area contributed by atoms with Gasteiger partial charge in [-0.15, -0.1) is 0 Å². The first kappa shape index (κ1) is 24.0. The second-order valence-corrected chi connectivity index (χ2v) is 9.91. The predicted octanol–water partition coefficient (Wildman–Crippen LogP) is 5.19. The Kier molecular flexibility index (Phi) is 6.05. The summed E-state index contributed by atoms with van der Waals surface area (Å²) in [6, 6.07) is 7.47. The maximum atomic E-state index is 15.0. The summed E-state index contributed by atoms with van der Waals surface area (Å²) in [4.78, 5) is 8.71. The fourth-order valence-electron chi connectivity index (χ4n) is 4.80. The minimum atomic E-state index is -1.38. The maximum Gasteiger partial charge on any atom is 0.229 e. The van der Waals surface area contributed by atoms with Crippen LogP contribution in [0.15, 0.2) is 60.6 Å². The highest BCUT2D eigenvalue weighted by Gasteiger charge is 2.24. The number of imidazole rings is 1. The number of allylic oxidation sites excluding steroid dienone is 1. The van der Waals surface area contributed by atoms with Crippen molar-refractivity contribution in [2.75, 3.05) is 5.32 Å². The van der Waals surface area contributed by atoms with E-state index in [0.29, 0.717) is 11.5 Å². The third-order valence-electron chi connectivity index (χ3n) is 6.55. The number of aromatic nitrogens is 4. The van der Waals surface area contributed by atoms with E-state index in [4.69, 9.17) is 5.73 Å². The first-order valence-electron chi connectivity index (χ1n) is 11.8. The summed E-state index contributed by atoms with van der Waals surface area (Å²) in [5.74, 6) is -0.995. The number of anilines is 2. The lowest BCUT2D eigenvalue weighted by molar-refractivity contribution is 0.0779. The molecular formula is C27H28F2N6O. The van der Waals surface area contributed by atoms with Gasteiger partial charge in [0.2, 0.25) is 5.95 Å². The minimum Gasteiger partial charge on any atom is -0.386 e. The van der Waals surface area contributed by atoms with E-state index in [1.165, 1.54) is 23.9 Å². The number of fused-ring (bicyclic) bond motifs is 1. The van der Waals surface area contributed by atoms with Crippen LogP contribution in [-0.4, -0.2) is 30.7 Å². The Morgan fingerprint density at radius 1 is 1.14 bits per heavy atom. The molecule has 0 unspecified atom stereocenters. The average Bonchev–Trinajstić information content (AvgIpc) is 3.20. The summed E-state index contributed by atoms with van der Waals surface area (Å²) < 4.78 is 31.4. The summed E-state index contributed by atoms with van der Waals surface area (Å²) in [5, 5.41) is 17.9. The molecular weight excluding hydrogens is 462 g/mol. The molecule has 0 bridgehead atoms. The van der Waals surface area contributed by atoms with Crippen LogP contribution in [0.4, 0.5) is 20.4 Å². The standard InChI is InChI=1S/C27H28F2N6O/c1-15-8-16(10-18(30)9-15)20-6-7-31-14-24(20)33-26-32-13-19-4-5-23(34-35(19)26)25-21(28)11-17(12-22(25)29)27(2,3)36/h4-7,9,11-14,16,18,36H,8,10,30H2,1-3H3,(H,32,33)/t16-,18+/m1/s1. The molecule has 1 aliphatic carbocycles. The highest BCUT2D eigenvalue weighted by Crippen LogP contribution is 2.37. The average molecular weight is 491 g/mol. The van der Waals surface area contributed by atoms with Gasteiger partial charge < -0.3 is 16.2 Å². The Morgan fingerprint density at radius 2 is 1.89 bits per heavy atom. The van der Waals surface area contributed by atoms with Gasteiger partial charge in [-0.25, -0.2) is 13.8 Å². The molecule has 0 aliphatic heterocycles. The number of benzene rings is 1. The number of hydrogen-bond donors (Lipinski definition) is 3. The zero-order valence-corrected chi connectivity index (χ0v) is 20.3. The van der Waals surface area contributed by atoms with Crippen LogP contribution in [-0.2, 0) is 5.60 Å². The van der Waals surface area contributed by atoms with E-state index >= 15 is 0 Å². The highest BCUT2D eigenvalue weighted by molar-refractivity contribution is 5.66. The molecule has 9 heteroatoms. The SMILES string of the molecule is CC1=C[C@H](N)C[C@H](c2ccncc2Nc2ncc3ccc(-c4c(F)cc(C(C)(C)O)cc4F)nn23)C1. The largest absolute Gasteiger partial charge is 0.386 e. The van der Waals surface area contributed by atoms with Crippen LogP contribution in [0.5, 0.6) is 0 Å². The van der Waals surface area contributed by atoms with E-state index in [9.17, 15) is 13.9 Å². The monoisotopic (exact) mass is 490 g/mol. The molecule has 36 heavy (non-hydrogen) atoms. The van der Waals surface area contributed by atoms with Gasteiger partial charge in [-0.1, -0.05) is 11.6 Å². The van der Waals surface area contributed by atoms with Crippen LogP contribution in [0.3, 0.4) is 0 Å². The Balaban J connectivity index is 1.52. The Labute approximate surface area is 207 Å². The van der Waals surface area contributed by atoms with Crippen LogP contribution >= 0.6 is 0 Å². The van der Waals surface area contributed by atoms with Crippen molar-refractivity contribution in [3.63, 3.8) is 0 Å². The van der Waals surface area contributed by atoms with Crippen LogP contribution in [0.2, 0.25) is 0 Å². The zero-order chi connectivity index (χ0) is 25.6. The number of rotatable bonds is 5. The van der Waals surface area contributed by atoms with E-state index in [0.717, 1.165) is 36.2 Å². The number of nitrogens with one attached hydrogen (secondary N) is 1. The molecule has 4 N–H and O–H groups in total. The lowest BCUT2D eigenvalue weighted by Crippen LogP contribution is -2.25. The molecule has 186 valence electrons. The molecule has 3 aromatic heterocycles. The van der Waals surface area contributed by atoms with Crippen molar-refractivity contribution in [2.45, 2.75) is 51.2 Å². The molecule has 3 heterocycles. The number of pyridine rings is 1. The summed E-state index contributed by atoms with van der Waals surface area (Å²) >= 11 is 0. The second kappa shape index (κ2) is 9.07. The van der Waals surface area contributed by atoms with E-state index < -0.39 is 17.2 Å². The molecule has 1 aliphatic rings. The summed E-state index contributed by atoms with van der Waals surface area (Å²) in [6.07, 6.45) is 8.93. The third-order valence-corrected chi connectivity index (χ3v) is 6.55. The van der Waals surface area contributed by atoms with Crippen LogP contribution < -0.4 is 11.1 Å². The number of hydrogen-bond acceptors (Lipinski definition) is 6. The first-order valence-corrected chi connectivity index (χ1v) is 11.8. The quantitative estimate of drug-likeness (QED) is 0.333. The van der Waals surface area contributed by atoms with Crippen molar-refractivity contribution >= 4 is 17.2 Å². The van der Waals surface area contributed by atoms with E-state index in [2.05, 4.69) is 33.4 Å². The van der Waals surface area contributed by atoms with Gasteiger partial charge in [0.05, 0.1) is 40.5 Å². The van der Waals surface area contributed by atoms with Crippen molar-refractivity contribution in [3.8, 4) is 11.3 Å². The van der Waals surface area contributed by atoms with Gasteiger partial charge in [0.25, 0.3) is 0 Å². The smallest absolute Gasteiger partial charge is 0.229 e. The summed E-state index contributed by atoms with van der Waals surface area (Å²) in [7, 11) is 0. The molecule has 4 aromatic rings. The lowest BCUT2D eigenvalue weighted by atomic mass is 9.82. The van der Waals surface area contributed by atoms with E-state index in [1.54, 1.807) is 30.7 Å². The van der Waals surface area contributed by atoms with Gasteiger partial charge in [0.15, 0.2) is 0 Å². The molecule has 0 fully saturated rings. The topological polar surface area (TPSA) is 101 Å². The Bertz CT molecular complexity index is 1450. The normalized spacial score (nSPS) is 18.4. The molecule has 7 nitrogen and oxygen atoms in total. The lowest BCUT2D eigenvalue weighted by Gasteiger charge is -2.27. The summed E-state index contributed by atoms with van der Waals surface area (Å²) in [5.41, 5.74) is 8.57. The molecule has 0 radical (unpaired) electrons. The molecule has 1 aromatic carbocycles. The highest BCUT2D eigenvalue weighted by atomic mass is 19.1. The third kappa shape index (κ3) is 4.59. The fourth-order valence-corrected chi connectivity index (χ4v) is 4.80. The van der Waals surface area contributed by atoms with Crippen LogP contribution in [0.1, 0.15) is 50.7 Å². The molecule has 0 saturated heterocycles.